The minimum atomic E-state index is -0.399. The summed E-state index contributed by atoms with van der Waals surface area (Å²) < 4.78 is 6.01. The highest BCUT2D eigenvalue weighted by molar-refractivity contribution is 8.77. The number of esters is 1. The third kappa shape index (κ3) is 6.44. The van der Waals surface area contributed by atoms with Crippen LogP contribution in [0.4, 0.5) is 0 Å². The van der Waals surface area contributed by atoms with Gasteiger partial charge in [-0.3, -0.25) is 4.79 Å². The van der Waals surface area contributed by atoms with Gasteiger partial charge in [0.2, 0.25) is 0 Å². The molecule has 2 atom stereocenters. The van der Waals surface area contributed by atoms with Crippen molar-refractivity contribution in [1.82, 2.24) is 0 Å². The van der Waals surface area contributed by atoms with Gasteiger partial charge >= 0.3 is 5.97 Å². The summed E-state index contributed by atoms with van der Waals surface area (Å²) in [6, 6.07) is 0. The van der Waals surface area contributed by atoms with Crippen LogP contribution in [-0.4, -0.2) is 22.1 Å². The fourth-order valence-electron chi connectivity index (χ4n) is 1.83. The Hall–Kier alpha value is 0.170. The maximum atomic E-state index is 12.0. The average Bonchev–Trinajstić information content (AvgIpc) is 2.25. The van der Waals surface area contributed by atoms with E-state index in [0.717, 1.165) is 12.8 Å². The van der Waals surface area contributed by atoms with Gasteiger partial charge in [0.15, 0.2) is 0 Å². The zero-order valence-electron chi connectivity index (χ0n) is 13.1. The highest BCUT2D eigenvalue weighted by Gasteiger charge is 2.33. The van der Waals surface area contributed by atoms with Crippen LogP contribution in [0.3, 0.4) is 0 Å². The molecule has 112 valence electrons. The Balaban J connectivity index is 2.55. The molecule has 0 aromatic carbocycles. The summed E-state index contributed by atoms with van der Waals surface area (Å²) in [5, 5.41) is 0.448. The molecule has 0 spiro atoms. The van der Waals surface area contributed by atoms with Crippen LogP contribution in [0, 0.1) is 5.41 Å². The molecule has 4 heteroatoms. The largest absolute Gasteiger partial charge is 0.461 e. The van der Waals surface area contributed by atoms with Crippen LogP contribution in [0.2, 0.25) is 0 Å². The van der Waals surface area contributed by atoms with Gasteiger partial charge in [0.05, 0.1) is 10.7 Å². The lowest BCUT2D eigenvalue weighted by atomic mass is 9.95. The number of carbonyl (C=O) groups excluding carboxylic acids is 1. The van der Waals surface area contributed by atoms with Crippen molar-refractivity contribution in [1.29, 1.82) is 0 Å². The van der Waals surface area contributed by atoms with Gasteiger partial charge in [0, 0.05) is 4.75 Å². The molecule has 1 aliphatic rings. The predicted octanol–water partition coefficient (Wildman–Crippen LogP) is 5.07. The number of carbonyl (C=O) groups is 1. The Kier molecular flexibility index (Phi) is 6.12. The molecule has 1 fully saturated rings. The van der Waals surface area contributed by atoms with Gasteiger partial charge in [-0.1, -0.05) is 48.8 Å². The molecule has 1 saturated carbocycles. The van der Waals surface area contributed by atoms with Gasteiger partial charge in [-0.15, -0.1) is 0 Å². The van der Waals surface area contributed by atoms with Crippen molar-refractivity contribution < 1.29 is 9.53 Å². The van der Waals surface area contributed by atoms with E-state index in [1.807, 2.05) is 42.4 Å². The Morgan fingerprint density at radius 3 is 2.16 bits per heavy atom. The summed E-state index contributed by atoms with van der Waals surface area (Å²) in [6.07, 6.45) is 4.71. The minimum absolute atomic E-state index is 0.0641. The lowest BCUT2D eigenvalue weighted by Gasteiger charge is -2.33. The van der Waals surface area contributed by atoms with Crippen LogP contribution in [0.5, 0.6) is 0 Å². The number of rotatable bonds is 3. The van der Waals surface area contributed by atoms with Crippen LogP contribution in [0.1, 0.15) is 67.2 Å². The molecular weight excluding hydrogens is 276 g/mol. The Morgan fingerprint density at radius 1 is 1.05 bits per heavy atom. The van der Waals surface area contributed by atoms with Crippen molar-refractivity contribution in [2.45, 2.75) is 83.3 Å². The smallest absolute Gasteiger partial charge is 0.311 e. The Labute approximate surface area is 126 Å². The third-order valence-electron chi connectivity index (χ3n) is 2.93. The SMILES string of the molecule is CC(C)(C)SS[C@@H]1CCCC[C@H]1OC(=O)C(C)(C)C. The lowest BCUT2D eigenvalue weighted by Crippen LogP contribution is -2.36. The Bertz CT molecular complexity index is 302. The highest BCUT2D eigenvalue weighted by Crippen LogP contribution is 2.43. The summed E-state index contributed by atoms with van der Waals surface area (Å²) >= 11 is 0. The zero-order chi connectivity index (χ0) is 14.7. The van der Waals surface area contributed by atoms with E-state index in [4.69, 9.17) is 4.74 Å². The van der Waals surface area contributed by atoms with Gasteiger partial charge in [0.25, 0.3) is 0 Å². The normalized spacial score (nSPS) is 25.2. The van der Waals surface area contributed by atoms with E-state index >= 15 is 0 Å². The minimum Gasteiger partial charge on any atom is -0.461 e. The fourth-order valence-corrected chi connectivity index (χ4v) is 4.72. The summed E-state index contributed by atoms with van der Waals surface area (Å²) in [4.78, 5) is 12.0. The molecule has 0 bridgehead atoms. The molecule has 1 rings (SSSR count). The van der Waals surface area contributed by atoms with Crippen LogP contribution >= 0.6 is 21.6 Å². The highest BCUT2D eigenvalue weighted by atomic mass is 33.1. The van der Waals surface area contributed by atoms with Crippen LogP contribution in [0.15, 0.2) is 0 Å². The van der Waals surface area contributed by atoms with E-state index in [1.165, 1.54) is 12.8 Å². The zero-order valence-corrected chi connectivity index (χ0v) is 14.7. The van der Waals surface area contributed by atoms with Crippen LogP contribution in [0.25, 0.3) is 0 Å². The van der Waals surface area contributed by atoms with E-state index in [0.29, 0.717) is 5.25 Å². The second kappa shape index (κ2) is 6.75. The molecule has 0 radical (unpaired) electrons. The molecular formula is C15H28O2S2. The predicted molar refractivity (Wildman–Crippen MR) is 86.5 cm³/mol. The molecule has 0 aromatic heterocycles. The monoisotopic (exact) mass is 304 g/mol. The summed E-state index contributed by atoms with van der Waals surface area (Å²) in [5.41, 5.74) is -0.399. The number of hydrogen-bond donors (Lipinski definition) is 0. The van der Waals surface area contributed by atoms with Crippen molar-refractivity contribution >= 4 is 27.6 Å². The van der Waals surface area contributed by atoms with Gasteiger partial charge in [-0.25, -0.2) is 0 Å². The first-order chi connectivity index (χ1) is 8.59. The first-order valence-electron chi connectivity index (χ1n) is 7.15. The van der Waals surface area contributed by atoms with E-state index in [9.17, 15) is 4.79 Å². The number of ether oxygens (including phenoxy) is 1. The quantitative estimate of drug-likeness (QED) is 0.537. The molecule has 19 heavy (non-hydrogen) atoms. The number of hydrogen-bond acceptors (Lipinski definition) is 4. The van der Waals surface area contributed by atoms with Gasteiger partial charge < -0.3 is 4.74 Å². The summed E-state index contributed by atoms with van der Waals surface area (Å²) in [7, 11) is 3.81. The maximum absolute atomic E-state index is 12.0. The lowest BCUT2D eigenvalue weighted by molar-refractivity contribution is -0.159. The average molecular weight is 305 g/mol. The van der Waals surface area contributed by atoms with Crippen LogP contribution < -0.4 is 0 Å². The molecule has 0 aromatic rings. The molecule has 0 unspecified atom stereocenters. The molecule has 0 amide bonds. The summed E-state index contributed by atoms with van der Waals surface area (Å²) in [5.74, 6) is -0.0641. The molecule has 0 heterocycles. The van der Waals surface area contributed by atoms with Gasteiger partial charge in [0.1, 0.15) is 6.10 Å². The molecule has 1 aliphatic carbocycles. The standard InChI is InChI=1S/C15H28O2S2/c1-14(2,3)13(16)17-11-9-7-8-10-12(11)18-19-15(4,5)6/h11-12H,7-10H2,1-6H3/t11-,12-/m1/s1. The molecule has 0 N–H and O–H groups in total. The topological polar surface area (TPSA) is 26.3 Å². The molecule has 2 nitrogen and oxygen atoms in total. The first-order valence-corrected chi connectivity index (χ1v) is 9.36. The van der Waals surface area contributed by atoms with E-state index < -0.39 is 5.41 Å². The van der Waals surface area contributed by atoms with Crippen molar-refractivity contribution in [3.05, 3.63) is 0 Å². The second-order valence-corrected chi connectivity index (χ2v) is 10.6. The second-order valence-electron chi connectivity index (χ2n) is 7.31. The van der Waals surface area contributed by atoms with Crippen molar-refractivity contribution in [3.8, 4) is 0 Å². The maximum Gasteiger partial charge on any atom is 0.311 e. The van der Waals surface area contributed by atoms with Crippen molar-refractivity contribution in [2.75, 3.05) is 0 Å². The van der Waals surface area contributed by atoms with Crippen LogP contribution in [-0.2, 0) is 9.53 Å². The molecule has 0 aliphatic heterocycles. The first kappa shape index (κ1) is 17.2. The Morgan fingerprint density at radius 2 is 1.63 bits per heavy atom. The third-order valence-corrected chi connectivity index (χ3v) is 6.85. The van der Waals surface area contributed by atoms with Crippen molar-refractivity contribution in [3.63, 3.8) is 0 Å². The van der Waals surface area contributed by atoms with E-state index in [-0.39, 0.29) is 16.8 Å². The van der Waals surface area contributed by atoms with Gasteiger partial charge in [-0.2, -0.15) is 0 Å². The van der Waals surface area contributed by atoms with E-state index in [2.05, 4.69) is 20.8 Å². The van der Waals surface area contributed by atoms with Gasteiger partial charge in [-0.05, 0) is 40.0 Å². The summed E-state index contributed by atoms with van der Waals surface area (Å²) in [6.45, 7) is 12.4. The van der Waals surface area contributed by atoms with E-state index in [1.54, 1.807) is 0 Å². The van der Waals surface area contributed by atoms with Crippen molar-refractivity contribution in [2.24, 2.45) is 5.41 Å². The fraction of sp³-hybridized carbons (Fsp3) is 0.933. The molecule has 0 saturated heterocycles.